The number of hydrogen-bond acceptors (Lipinski definition) is 6. The molecular formula is C24H25BrN4O4S. The van der Waals surface area contributed by atoms with Crippen LogP contribution in [0.25, 0.3) is 21.8 Å². The smallest absolute Gasteiger partial charge is 0.229 e. The Labute approximate surface area is 208 Å². The molecule has 10 heteroatoms. The summed E-state index contributed by atoms with van der Waals surface area (Å²) in [7, 11) is -1.89. The number of nitrogens with one attached hydrogen (secondary N) is 2. The van der Waals surface area contributed by atoms with E-state index in [1.807, 2.05) is 42.5 Å². The number of hydrogen-bond donors (Lipinski definition) is 3. The maximum atomic E-state index is 11.6. The van der Waals surface area contributed by atoms with Crippen LogP contribution in [0.1, 0.15) is 12.0 Å². The summed E-state index contributed by atoms with van der Waals surface area (Å²) in [5.74, 6) is 0.112. The quantitative estimate of drug-likeness (QED) is 0.280. The summed E-state index contributed by atoms with van der Waals surface area (Å²) in [5.41, 5.74) is 9.77. The minimum Gasteiger partial charge on any atom is -0.494 e. The van der Waals surface area contributed by atoms with Gasteiger partial charge in [-0.1, -0.05) is 36.4 Å². The van der Waals surface area contributed by atoms with Crippen molar-refractivity contribution in [2.24, 2.45) is 5.73 Å². The van der Waals surface area contributed by atoms with Crippen molar-refractivity contribution in [3.63, 3.8) is 0 Å². The van der Waals surface area contributed by atoms with Crippen LogP contribution < -0.4 is 20.5 Å². The van der Waals surface area contributed by atoms with E-state index in [2.05, 4.69) is 10.0 Å². The van der Waals surface area contributed by atoms with Crippen LogP contribution in [0.5, 0.6) is 5.75 Å². The molecular weight excluding hydrogens is 520 g/mol. The number of aryl methyl sites for hydroxylation is 1. The van der Waals surface area contributed by atoms with Crippen molar-refractivity contribution >= 4 is 71.8 Å². The number of nitrogens with two attached hydrogens (primary N) is 1. The molecule has 0 aliphatic carbocycles. The van der Waals surface area contributed by atoms with Crippen LogP contribution in [0, 0.1) is 0 Å². The largest absolute Gasteiger partial charge is 0.494 e. The van der Waals surface area contributed by atoms with Crippen LogP contribution in [0.2, 0.25) is 0 Å². The molecule has 3 aromatic carbocycles. The number of fused-ring (bicyclic) bond motifs is 2. The van der Waals surface area contributed by atoms with Gasteiger partial charge >= 0.3 is 0 Å². The van der Waals surface area contributed by atoms with Crippen molar-refractivity contribution in [1.29, 1.82) is 0 Å². The summed E-state index contributed by atoms with van der Waals surface area (Å²) in [4.78, 5) is 16.2. The first-order valence-corrected chi connectivity index (χ1v) is 12.2. The third kappa shape index (κ3) is 5.57. The molecule has 1 heterocycles. The first-order valence-electron chi connectivity index (χ1n) is 10.3. The Morgan fingerprint density at radius 1 is 1.06 bits per heavy atom. The molecule has 1 amide bonds. The number of carbonyl (C=O) groups is 1. The highest BCUT2D eigenvalue weighted by Gasteiger charge is 2.15. The van der Waals surface area contributed by atoms with E-state index in [1.165, 1.54) is 7.11 Å². The van der Waals surface area contributed by atoms with E-state index in [4.69, 9.17) is 15.5 Å². The third-order valence-corrected chi connectivity index (χ3v) is 5.81. The molecule has 4 N–H and O–H groups in total. The fraction of sp³-hybridized carbons (Fsp3) is 0.167. The number of pyridine rings is 1. The highest BCUT2D eigenvalue weighted by atomic mass is 79.9. The zero-order valence-electron chi connectivity index (χ0n) is 18.7. The van der Waals surface area contributed by atoms with Crippen molar-refractivity contribution < 1.29 is 17.9 Å². The zero-order valence-corrected chi connectivity index (χ0v) is 21.2. The fourth-order valence-electron chi connectivity index (χ4n) is 3.77. The van der Waals surface area contributed by atoms with Gasteiger partial charge in [-0.25, -0.2) is 13.4 Å². The molecule has 0 atom stereocenters. The Kier molecular flexibility index (Phi) is 7.63. The van der Waals surface area contributed by atoms with Gasteiger partial charge in [-0.2, -0.15) is 0 Å². The number of benzene rings is 3. The van der Waals surface area contributed by atoms with E-state index < -0.39 is 10.0 Å². The lowest BCUT2D eigenvalue weighted by Crippen LogP contribution is -2.11. The summed E-state index contributed by atoms with van der Waals surface area (Å²) in [6.07, 6.45) is 1.82. The second-order valence-electron chi connectivity index (χ2n) is 7.70. The molecule has 178 valence electrons. The van der Waals surface area contributed by atoms with Crippen molar-refractivity contribution in [1.82, 2.24) is 4.98 Å². The van der Waals surface area contributed by atoms with Crippen LogP contribution in [0.3, 0.4) is 0 Å². The normalized spacial score (nSPS) is 11.1. The van der Waals surface area contributed by atoms with Crippen molar-refractivity contribution in [3.05, 3.63) is 66.2 Å². The predicted octanol–water partition coefficient (Wildman–Crippen LogP) is 4.51. The van der Waals surface area contributed by atoms with E-state index >= 15 is 0 Å². The van der Waals surface area contributed by atoms with Crippen molar-refractivity contribution in [2.75, 3.05) is 23.4 Å². The van der Waals surface area contributed by atoms with Gasteiger partial charge in [-0.3, -0.25) is 9.52 Å². The number of anilines is 3. The zero-order chi connectivity index (χ0) is 23.6. The molecule has 0 radical (unpaired) electrons. The first kappa shape index (κ1) is 25.3. The molecule has 0 spiro atoms. The molecule has 8 nitrogen and oxygen atoms in total. The van der Waals surface area contributed by atoms with Crippen LogP contribution in [-0.4, -0.2) is 32.7 Å². The van der Waals surface area contributed by atoms with Gasteiger partial charge < -0.3 is 15.8 Å². The minimum absolute atomic E-state index is 0. The van der Waals surface area contributed by atoms with Gasteiger partial charge in [0.25, 0.3) is 0 Å². The number of rotatable bonds is 8. The summed E-state index contributed by atoms with van der Waals surface area (Å²) >= 11 is 0. The van der Waals surface area contributed by atoms with E-state index in [0.29, 0.717) is 23.5 Å². The molecule has 0 aliphatic heterocycles. The Morgan fingerprint density at radius 2 is 1.79 bits per heavy atom. The molecule has 0 saturated carbocycles. The maximum Gasteiger partial charge on any atom is 0.229 e. The lowest BCUT2D eigenvalue weighted by atomic mass is 10.0. The number of nitrogens with zero attached hydrogens (tertiary/aromatic N) is 1. The third-order valence-electron chi connectivity index (χ3n) is 5.20. The topological polar surface area (TPSA) is 123 Å². The summed E-state index contributed by atoms with van der Waals surface area (Å²) in [6, 6.07) is 18.6. The molecule has 1 aromatic heterocycles. The number of aromatic nitrogens is 1. The Morgan fingerprint density at radius 3 is 2.50 bits per heavy atom. The van der Waals surface area contributed by atoms with Crippen molar-refractivity contribution in [2.45, 2.75) is 12.8 Å². The first-order chi connectivity index (χ1) is 15.7. The van der Waals surface area contributed by atoms with E-state index in [9.17, 15) is 13.2 Å². The van der Waals surface area contributed by atoms with Crippen LogP contribution in [0.15, 0.2) is 60.7 Å². The number of carbonyl (C=O) groups excluding carboxylic acids is 1. The van der Waals surface area contributed by atoms with E-state index in [0.717, 1.165) is 39.3 Å². The van der Waals surface area contributed by atoms with Gasteiger partial charge in [0.2, 0.25) is 15.9 Å². The molecule has 0 fully saturated rings. The molecule has 34 heavy (non-hydrogen) atoms. The average molecular weight is 545 g/mol. The number of para-hydroxylation sites is 2. The van der Waals surface area contributed by atoms with Crippen LogP contribution in [-0.2, 0) is 21.2 Å². The van der Waals surface area contributed by atoms with Crippen LogP contribution >= 0.6 is 17.0 Å². The molecule has 0 bridgehead atoms. The molecule has 4 aromatic rings. The maximum absolute atomic E-state index is 11.6. The number of primary amides is 1. The number of halogens is 1. The second kappa shape index (κ2) is 10.3. The summed E-state index contributed by atoms with van der Waals surface area (Å²) < 4.78 is 31.2. The Bertz CT molecular complexity index is 1480. The lowest BCUT2D eigenvalue weighted by Gasteiger charge is -2.17. The van der Waals surface area contributed by atoms with Crippen molar-refractivity contribution in [3.8, 4) is 5.75 Å². The molecule has 0 unspecified atom stereocenters. The second-order valence-corrected chi connectivity index (χ2v) is 9.45. The molecule has 0 saturated heterocycles. The highest BCUT2D eigenvalue weighted by molar-refractivity contribution is 8.93. The van der Waals surface area contributed by atoms with Gasteiger partial charge in [0, 0.05) is 23.3 Å². The number of ether oxygens (including phenoxy) is 1. The fourth-order valence-corrected chi connectivity index (χ4v) is 4.33. The van der Waals surface area contributed by atoms with Gasteiger partial charge in [0.15, 0.2) is 0 Å². The van der Waals surface area contributed by atoms with Gasteiger partial charge in [0.1, 0.15) is 5.75 Å². The Balaban J connectivity index is 0.00000324. The lowest BCUT2D eigenvalue weighted by molar-refractivity contribution is -0.117. The monoisotopic (exact) mass is 544 g/mol. The number of amides is 1. The van der Waals surface area contributed by atoms with Gasteiger partial charge in [-0.05, 0) is 30.2 Å². The SMILES string of the molecule is Br.COc1cc(NS(C)(=O)=O)ccc1Nc1c2ccccc2nc2c(CCC(N)=O)cccc12. The Hall–Kier alpha value is -3.37. The predicted molar refractivity (Wildman–Crippen MR) is 142 cm³/mol. The van der Waals surface area contributed by atoms with E-state index in [1.54, 1.807) is 18.2 Å². The number of methoxy groups -OCH3 is 1. The van der Waals surface area contributed by atoms with Gasteiger partial charge in [-0.15, -0.1) is 17.0 Å². The van der Waals surface area contributed by atoms with Gasteiger partial charge in [0.05, 0.1) is 41.5 Å². The summed E-state index contributed by atoms with van der Waals surface area (Å²) in [6.45, 7) is 0. The number of sulfonamides is 1. The molecule has 4 rings (SSSR count). The standard InChI is InChI=1S/C24H24N4O4S.BrH/c1-32-21-14-16(28-33(2,30)31)11-12-20(21)27-24-17-7-3-4-9-19(17)26-23-15(10-13-22(25)29)6-5-8-18(23)24;/h3-9,11-12,14,28H,10,13H2,1-2H3,(H2,25,29)(H,26,27);1H. The van der Waals surface area contributed by atoms with Crippen LogP contribution in [0.4, 0.5) is 17.1 Å². The highest BCUT2D eigenvalue weighted by Crippen LogP contribution is 2.38. The summed E-state index contributed by atoms with van der Waals surface area (Å²) in [5, 5.41) is 5.26. The van der Waals surface area contributed by atoms with E-state index in [-0.39, 0.29) is 29.3 Å². The average Bonchev–Trinajstić information content (AvgIpc) is 2.77. The minimum atomic E-state index is -3.42. The molecule has 0 aliphatic rings.